The molecule has 0 aliphatic heterocycles. The van der Waals surface area contributed by atoms with E-state index in [1.807, 2.05) is 52.8 Å². The number of ether oxygens (including phenoxy) is 2. The first-order valence-electron chi connectivity index (χ1n) is 6.16. The first kappa shape index (κ1) is 14.6. The number of aryl methyl sites for hydroxylation is 2. The van der Waals surface area contributed by atoms with Crippen molar-refractivity contribution in [3.63, 3.8) is 0 Å². The number of carbonyl (C=O) groups excluding carboxylic acids is 1. The third-order valence-electron chi connectivity index (χ3n) is 2.39. The van der Waals surface area contributed by atoms with Crippen molar-refractivity contribution in [2.75, 3.05) is 0 Å². The van der Waals surface area contributed by atoms with Crippen molar-refractivity contribution in [1.29, 1.82) is 0 Å². The largest absolute Gasteiger partial charge is 0.479 e. The van der Waals surface area contributed by atoms with Crippen LogP contribution in [0.5, 0.6) is 5.75 Å². The lowest BCUT2D eigenvalue weighted by Crippen LogP contribution is -2.33. The van der Waals surface area contributed by atoms with Gasteiger partial charge in [-0.25, -0.2) is 4.79 Å². The average molecular weight is 250 g/mol. The van der Waals surface area contributed by atoms with Gasteiger partial charge in [-0.1, -0.05) is 12.1 Å². The summed E-state index contributed by atoms with van der Waals surface area (Å²) in [5.74, 6) is 0.386. The van der Waals surface area contributed by atoms with E-state index in [1.54, 1.807) is 6.92 Å². The van der Waals surface area contributed by atoms with Crippen molar-refractivity contribution in [3.05, 3.63) is 29.3 Å². The van der Waals surface area contributed by atoms with Gasteiger partial charge in [0.05, 0.1) is 0 Å². The summed E-state index contributed by atoms with van der Waals surface area (Å²) in [5.41, 5.74) is 1.62. The molecule has 0 aliphatic carbocycles. The standard InChI is InChI=1S/C15H22O3/c1-10-7-8-11(2)13(9-10)17-12(3)14(16)18-15(4,5)6/h7-9,12H,1-6H3. The molecule has 0 saturated heterocycles. The lowest BCUT2D eigenvalue weighted by molar-refractivity contribution is -0.162. The highest BCUT2D eigenvalue weighted by Gasteiger charge is 2.23. The van der Waals surface area contributed by atoms with E-state index in [0.717, 1.165) is 16.9 Å². The monoisotopic (exact) mass is 250 g/mol. The van der Waals surface area contributed by atoms with Crippen molar-refractivity contribution in [2.45, 2.75) is 53.2 Å². The van der Waals surface area contributed by atoms with E-state index in [9.17, 15) is 4.79 Å². The van der Waals surface area contributed by atoms with Crippen molar-refractivity contribution >= 4 is 5.97 Å². The molecule has 0 aromatic heterocycles. The highest BCUT2D eigenvalue weighted by atomic mass is 16.6. The molecular formula is C15H22O3. The first-order chi connectivity index (χ1) is 8.19. The van der Waals surface area contributed by atoms with Crippen molar-refractivity contribution < 1.29 is 14.3 Å². The molecule has 18 heavy (non-hydrogen) atoms. The van der Waals surface area contributed by atoms with Gasteiger partial charge < -0.3 is 9.47 Å². The Bertz CT molecular complexity index is 430. The molecule has 1 atom stereocenters. The second-order valence-electron chi connectivity index (χ2n) is 5.56. The van der Waals surface area contributed by atoms with Gasteiger partial charge in [0.25, 0.3) is 0 Å². The maximum Gasteiger partial charge on any atom is 0.347 e. The van der Waals surface area contributed by atoms with E-state index in [0.29, 0.717) is 0 Å². The normalized spacial score (nSPS) is 13.0. The van der Waals surface area contributed by atoms with Crippen LogP contribution < -0.4 is 4.74 Å². The summed E-state index contributed by atoms with van der Waals surface area (Å²) >= 11 is 0. The van der Waals surface area contributed by atoms with Crippen LogP contribution in [0.2, 0.25) is 0 Å². The minimum Gasteiger partial charge on any atom is -0.479 e. The number of hydrogen-bond acceptors (Lipinski definition) is 3. The summed E-state index contributed by atoms with van der Waals surface area (Å²) in [7, 11) is 0. The molecule has 1 aromatic rings. The molecule has 0 radical (unpaired) electrons. The van der Waals surface area contributed by atoms with Gasteiger partial charge in [0, 0.05) is 0 Å². The summed E-state index contributed by atoms with van der Waals surface area (Å²) in [4.78, 5) is 11.8. The highest BCUT2D eigenvalue weighted by molar-refractivity contribution is 5.75. The molecule has 0 bridgehead atoms. The molecule has 1 unspecified atom stereocenters. The smallest absolute Gasteiger partial charge is 0.347 e. The van der Waals surface area contributed by atoms with E-state index in [2.05, 4.69) is 0 Å². The first-order valence-corrected chi connectivity index (χ1v) is 6.16. The third kappa shape index (κ3) is 4.40. The van der Waals surface area contributed by atoms with Gasteiger partial charge in [-0.3, -0.25) is 0 Å². The van der Waals surface area contributed by atoms with Crippen LogP contribution in [0.1, 0.15) is 38.8 Å². The van der Waals surface area contributed by atoms with E-state index >= 15 is 0 Å². The molecule has 3 heteroatoms. The highest BCUT2D eigenvalue weighted by Crippen LogP contribution is 2.21. The molecule has 0 aliphatic rings. The predicted molar refractivity (Wildman–Crippen MR) is 71.9 cm³/mol. The molecule has 0 fully saturated rings. The third-order valence-corrected chi connectivity index (χ3v) is 2.39. The molecule has 0 N–H and O–H groups in total. The summed E-state index contributed by atoms with van der Waals surface area (Å²) in [5, 5.41) is 0. The summed E-state index contributed by atoms with van der Waals surface area (Å²) in [6.45, 7) is 11.2. The van der Waals surface area contributed by atoms with Crippen molar-refractivity contribution in [1.82, 2.24) is 0 Å². The van der Waals surface area contributed by atoms with Crippen LogP contribution in [0, 0.1) is 13.8 Å². The number of esters is 1. The van der Waals surface area contributed by atoms with Crippen LogP contribution in [0.3, 0.4) is 0 Å². The Morgan fingerprint density at radius 1 is 1.22 bits per heavy atom. The molecular weight excluding hydrogens is 228 g/mol. The molecule has 0 amide bonds. The maximum atomic E-state index is 11.8. The Labute approximate surface area is 109 Å². The van der Waals surface area contributed by atoms with Crippen LogP contribution in [-0.4, -0.2) is 17.7 Å². The molecule has 0 heterocycles. The lowest BCUT2D eigenvalue weighted by atomic mass is 10.1. The van der Waals surface area contributed by atoms with E-state index in [-0.39, 0.29) is 5.97 Å². The van der Waals surface area contributed by atoms with Gasteiger partial charge in [0.15, 0.2) is 6.10 Å². The fraction of sp³-hybridized carbons (Fsp3) is 0.533. The van der Waals surface area contributed by atoms with Gasteiger partial charge in [0.2, 0.25) is 0 Å². The fourth-order valence-electron chi connectivity index (χ4n) is 1.46. The van der Waals surface area contributed by atoms with E-state index < -0.39 is 11.7 Å². The summed E-state index contributed by atoms with van der Waals surface area (Å²) in [6.07, 6.45) is -0.607. The predicted octanol–water partition coefficient (Wildman–Crippen LogP) is 3.41. The molecule has 3 nitrogen and oxygen atoms in total. The topological polar surface area (TPSA) is 35.5 Å². The SMILES string of the molecule is Cc1ccc(C)c(OC(C)C(=O)OC(C)(C)C)c1. The van der Waals surface area contributed by atoms with Crippen molar-refractivity contribution in [2.24, 2.45) is 0 Å². The zero-order valence-corrected chi connectivity index (χ0v) is 12.0. The van der Waals surface area contributed by atoms with Gasteiger partial charge in [-0.05, 0) is 58.7 Å². The number of hydrogen-bond donors (Lipinski definition) is 0. The second kappa shape index (κ2) is 5.42. The Morgan fingerprint density at radius 2 is 1.83 bits per heavy atom. The van der Waals surface area contributed by atoms with Gasteiger partial charge in [-0.15, -0.1) is 0 Å². The zero-order chi connectivity index (χ0) is 13.9. The van der Waals surface area contributed by atoms with Crippen LogP contribution in [0.25, 0.3) is 0 Å². The number of carbonyl (C=O) groups is 1. The van der Waals surface area contributed by atoms with Gasteiger partial charge >= 0.3 is 5.97 Å². The molecule has 1 aromatic carbocycles. The Balaban J connectivity index is 2.72. The molecule has 1 rings (SSSR count). The van der Waals surface area contributed by atoms with Crippen molar-refractivity contribution in [3.8, 4) is 5.75 Å². The Hall–Kier alpha value is -1.51. The molecule has 0 spiro atoms. The van der Waals surface area contributed by atoms with Gasteiger partial charge in [0.1, 0.15) is 11.4 Å². The van der Waals surface area contributed by atoms with Crippen LogP contribution >= 0.6 is 0 Å². The van der Waals surface area contributed by atoms with Crippen LogP contribution in [0.4, 0.5) is 0 Å². The van der Waals surface area contributed by atoms with Crippen LogP contribution in [-0.2, 0) is 9.53 Å². The number of benzene rings is 1. The summed E-state index contributed by atoms with van der Waals surface area (Å²) in [6, 6.07) is 5.92. The zero-order valence-electron chi connectivity index (χ0n) is 12.0. The fourth-order valence-corrected chi connectivity index (χ4v) is 1.46. The minimum absolute atomic E-state index is 0.344. The lowest BCUT2D eigenvalue weighted by Gasteiger charge is -2.23. The Morgan fingerprint density at radius 3 is 2.39 bits per heavy atom. The maximum absolute atomic E-state index is 11.8. The van der Waals surface area contributed by atoms with E-state index in [1.165, 1.54) is 0 Å². The van der Waals surface area contributed by atoms with Crippen LogP contribution in [0.15, 0.2) is 18.2 Å². The molecule has 100 valence electrons. The average Bonchev–Trinajstić information content (AvgIpc) is 2.21. The quantitative estimate of drug-likeness (QED) is 0.771. The second-order valence-corrected chi connectivity index (χ2v) is 5.56. The Kier molecular flexibility index (Phi) is 4.38. The summed E-state index contributed by atoms with van der Waals surface area (Å²) < 4.78 is 10.9. The van der Waals surface area contributed by atoms with E-state index in [4.69, 9.17) is 9.47 Å². The molecule has 0 saturated carbocycles. The number of rotatable bonds is 3. The van der Waals surface area contributed by atoms with Gasteiger partial charge in [-0.2, -0.15) is 0 Å². The minimum atomic E-state index is -0.607.